The number of nitrogens with two attached hydrogens (primary N) is 1. The van der Waals surface area contributed by atoms with Crippen molar-refractivity contribution in [3.63, 3.8) is 0 Å². The molecule has 0 spiro atoms. The van der Waals surface area contributed by atoms with E-state index in [1.807, 2.05) is 4.90 Å². The summed E-state index contributed by atoms with van der Waals surface area (Å²) >= 11 is 0. The van der Waals surface area contributed by atoms with E-state index in [4.69, 9.17) is 15.2 Å². The van der Waals surface area contributed by atoms with Crippen LogP contribution in [0.4, 0.5) is 17.5 Å². The first-order valence-electron chi connectivity index (χ1n) is 10.6. The molecule has 3 aliphatic heterocycles. The Morgan fingerprint density at radius 3 is 2.67 bits per heavy atom. The van der Waals surface area contributed by atoms with Gasteiger partial charge in [-0.25, -0.2) is 0 Å². The van der Waals surface area contributed by atoms with Gasteiger partial charge in [0.15, 0.2) is 11.5 Å². The molecule has 1 saturated heterocycles. The minimum absolute atomic E-state index is 0.0628. The van der Waals surface area contributed by atoms with Crippen LogP contribution in [0.3, 0.4) is 0 Å². The van der Waals surface area contributed by atoms with E-state index in [9.17, 15) is 19.2 Å². The van der Waals surface area contributed by atoms with Gasteiger partial charge in [-0.1, -0.05) is 0 Å². The Kier molecular flexibility index (Phi) is 5.11. The Balaban J connectivity index is 1.38. The molecule has 0 saturated carbocycles. The molecular formula is C21H22N6O6. The van der Waals surface area contributed by atoms with E-state index in [-0.39, 0.29) is 42.4 Å². The van der Waals surface area contributed by atoms with Crippen LogP contribution in [0.2, 0.25) is 0 Å². The molecule has 5 N–H and O–H groups in total. The average Bonchev–Trinajstić information content (AvgIpc) is 3.26. The van der Waals surface area contributed by atoms with Gasteiger partial charge in [-0.2, -0.15) is 4.98 Å². The van der Waals surface area contributed by atoms with Gasteiger partial charge >= 0.3 is 0 Å². The highest BCUT2D eigenvalue weighted by molar-refractivity contribution is 6.04. The molecule has 1 aromatic carbocycles. The molecule has 0 radical (unpaired) electrons. The minimum Gasteiger partial charge on any atom is -0.454 e. The lowest BCUT2D eigenvalue weighted by atomic mass is 9.92. The predicted molar refractivity (Wildman–Crippen MR) is 116 cm³/mol. The monoisotopic (exact) mass is 454 g/mol. The van der Waals surface area contributed by atoms with Crippen molar-refractivity contribution in [2.75, 3.05) is 35.4 Å². The predicted octanol–water partition coefficient (Wildman–Crippen LogP) is 0.265. The number of carbonyl (C=O) groups excluding carboxylic acids is 3. The van der Waals surface area contributed by atoms with Crippen LogP contribution in [0.15, 0.2) is 23.0 Å². The number of aromatic amines is 1. The Hall–Kier alpha value is -4.09. The van der Waals surface area contributed by atoms with Crippen molar-refractivity contribution < 1.29 is 23.9 Å². The first-order valence-corrected chi connectivity index (χ1v) is 10.6. The zero-order chi connectivity index (χ0) is 23.1. The molecule has 4 heterocycles. The number of amides is 3. The zero-order valence-electron chi connectivity index (χ0n) is 17.6. The molecule has 3 aliphatic rings. The molecule has 0 aliphatic carbocycles. The highest BCUT2D eigenvalue weighted by Gasteiger charge is 2.36. The third-order valence-corrected chi connectivity index (χ3v) is 6.09. The highest BCUT2D eigenvalue weighted by atomic mass is 16.7. The van der Waals surface area contributed by atoms with Crippen LogP contribution in [-0.4, -0.2) is 47.6 Å². The Labute approximate surface area is 187 Å². The highest BCUT2D eigenvalue weighted by Crippen LogP contribution is 2.35. The maximum atomic E-state index is 13.0. The molecule has 1 aromatic heterocycles. The van der Waals surface area contributed by atoms with E-state index in [2.05, 4.69) is 20.6 Å². The second-order valence-electron chi connectivity index (χ2n) is 8.18. The first kappa shape index (κ1) is 20.8. The van der Waals surface area contributed by atoms with Crippen molar-refractivity contribution >= 4 is 35.2 Å². The lowest BCUT2D eigenvalue weighted by Crippen LogP contribution is -2.41. The Morgan fingerprint density at radius 1 is 1.15 bits per heavy atom. The second kappa shape index (κ2) is 8.11. The van der Waals surface area contributed by atoms with Crippen LogP contribution in [0.5, 0.6) is 11.5 Å². The van der Waals surface area contributed by atoms with Gasteiger partial charge in [-0.3, -0.25) is 24.2 Å². The summed E-state index contributed by atoms with van der Waals surface area (Å²) in [6.07, 6.45) is 0.906. The number of piperidine rings is 1. The van der Waals surface area contributed by atoms with E-state index in [0.29, 0.717) is 43.1 Å². The number of nitrogens with zero attached hydrogens (tertiary/aromatic N) is 2. The third kappa shape index (κ3) is 3.95. The number of fused-ring (bicyclic) bond motifs is 2. The number of hydrogen-bond donors (Lipinski definition) is 4. The summed E-state index contributed by atoms with van der Waals surface area (Å²) in [6.45, 7) is 1.07. The molecule has 5 rings (SSSR count). The Bertz CT molecular complexity index is 1200. The van der Waals surface area contributed by atoms with Gasteiger partial charge in [0, 0.05) is 37.2 Å². The summed E-state index contributed by atoms with van der Waals surface area (Å²) in [5.74, 6) is -1.07. The smallest absolute Gasteiger partial charge is 0.258 e. The number of carbonyl (C=O) groups is 3. The van der Waals surface area contributed by atoms with E-state index in [1.165, 1.54) is 0 Å². The molecule has 0 bridgehead atoms. The largest absolute Gasteiger partial charge is 0.454 e. The number of aromatic nitrogens is 2. The number of rotatable bonds is 4. The molecule has 33 heavy (non-hydrogen) atoms. The fraction of sp³-hybridized carbons (Fsp3) is 0.381. The van der Waals surface area contributed by atoms with Crippen molar-refractivity contribution in [3.8, 4) is 11.5 Å². The van der Waals surface area contributed by atoms with Crippen molar-refractivity contribution in [3.05, 3.63) is 34.1 Å². The van der Waals surface area contributed by atoms with Gasteiger partial charge in [0.1, 0.15) is 5.82 Å². The molecule has 1 atom stereocenters. The number of ether oxygens (including phenoxy) is 2. The molecule has 3 amide bonds. The van der Waals surface area contributed by atoms with Crippen LogP contribution < -0.4 is 36.3 Å². The lowest BCUT2D eigenvalue weighted by Gasteiger charge is -2.32. The van der Waals surface area contributed by atoms with Crippen molar-refractivity contribution in [1.82, 2.24) is 9.97 Å². The quantitative estimate of drug-likeness (QED) is 0.510. The van der Waals surface area contributed by atoms with Crippen LogP contribution in [-0.2, 0) is 14.4 Å². The van der Waals surface area contributed by atoms with Gasteiger partial charge in [-0.15, -0.1) is 0 Å². The van der Waals surface area contributed by atoms with Crippen LogP contribution in [0.25, 0.3) is 0 Å². The van der Waals surface area contributed by atoms with Gasteiger partial charge in [0.25, 0.3) is 5.56 Å². The molecule has 12 nitrogen and oxygen atoms in total. The normalized spacial score (nSPS) is 19.6. The lowest BCUT2D eigenvalue weighted by molar-refractivity contribution is -0.123. The van der Waals surface area contributed by atoms with Crippen molar-refractivity contribution in [2.45, 2.75) is 25.2 Å². The molecule has 0 unspecified atom stereocenters. The second-order valence-corrected chi connectivity index (χ2v) is 8.18. The first-order chi connectivity index (χ1) is 15.9. The molecule has 12 heteroatoms. The van der Waals surface area contributed by atoms with Crippen molar-refractivity contribution in [1.29, 1.82) is 0 Å². The van der Waals surface area contributed by atoms with E-state index in [1.54, 1.807) is 18.2 Å². The molecule has 172 valence electrons. The zero-order valence-corrected chi connectivity index (χ0v) is 17.6. The van der Waals surface area contributed by atoms with Crippen LogP contribution >= 0.6 is 0 Å². The summed E-state index contributed by atoms with van der Waals surface area (Å²) in [5.41, 5.74) is 5.43. The maximum Gasteiger partial charge on any atom is 0.258 e. The van der Waals surface area contributed by atoms with Crippen LogP contribution in [0, 0.1) is 5.92 Å². The van der Waals surface area contributed by atoms with Crippen molar-refractivity contribution in [2.24, 2.45) is 11.7 Å². The van der Waals surface area contributed by atoms with Gasteiger partial charge in [-0.05, 0) is 25.0 Å². The standard InChI is InChI=1S/C21H22N6O6/c22-17(29)10-3-5-27(6-4-10)21-25-18-16(20(31)26-21)12(8-15(28)24-18)19(30)23-11-1-2-13-14(7-11)33-9-32-13/h1-2,7,10,12H,3-6,8-9H2,(H2,22,29)(H,23,30)(H2,24,25,26,28,31)/t12-/m1/s1. The molecule has 2 aromatic rings. The number of nitrogens with one attached hydrogen (secondary N) is 3. The summed E-state index contributed by atoms with van der Waals surface area (Å²) in [6, 6.07) is 4.93. The Morgan fingerprint density at radius 2 is 1.91 bits per heavy atom. The summed E-state index contributed by atoms with van der Waals surface area (Å²) in [7, 11) is 0. The summed E-state index contributed by atoms with van der Waals surface area (Å²) in [4.78, 5) is 58.7. The summed E-state index contributed by atoms with van der Waals surface area (Å²) < 4.78 is 10.6. The number of H-pyrrole nitrogens is 1. The minimum atomic E-state index is -1.01. The number of primary amides is 1. The molecule has 1 fully saturated rings. The third-order valence-electron chi connectivity index (χ3n) is 6.09. The van der Waals surface area contributed by atoms with E-state index >= 15 is 0 Å². The van der Waals surface area contributed by atoms with E-state index < -0.39 is 23.3 Å². The summed E-state index contributed by atoms with van der Waals surface area (Å²) in [5, 5.41) is 5.34. The molecular weight excluding hydrogens is 432 g/mol. The van der Waals surface area contributed by atoms with E-state index in [0.717, 1.165) is 0 Å². The fourth-order valence-electron chi connectivity index (χ4n) is 4.31. The number of hydrogen-bond acceptors (Lipinski definition) is 8. The van der Waals surface area contributed by atoms with Crippen LogP contribution in [0.1, 0.15) is 30.7 Å². The topological polar surface area (TPSA) is 169 Å². The van der Waals surface area contributed by atoms with Gasteiger partial charge in [0.2, 0.25) is 30.5 Å². The average molecular weight is 454 g/mol. The SMILES string of the molecule is NC(=O)C1CCN(c2nc3c(c(=O)[nH]2)[C@H](C(=O)Nc2ccc4c(c2)OCO4)CC(=O)N3)CC1. The number of benzene rings is 1. The number of anilines is 3. The maximum absolute atomic E-state index is 13.0. The fourth-order valence-corrected chi connectivity index (χ4v) is 4.31. The van der Waals surface area contributed by atoms with Gasteiger partial charge in [0.05, 0.1) is 11.5 Å². The van der Waals surface area contributed by atoms with Gasteiger partial charge < -0.3 is 30.7 Å².